The molecule has 0 N–H and O–H groups in total. The van der Waals surface area contributed by atoms with Gasteiger partial charge in [0.25, 0.3) is 0 Å². The Hall–Kier alpha value is -3.19. The maximum atomic E-state index is 6.49. The molecule has 0 saturated heterocycles. The Morgan fingerprint density at radius 2 is 1.38 bits per heavy atom. The summed E-state index contributed by atoms with van der Waals surface area (Å²) in [7, 11) is -2.80. The van der Waals surface area contributed by atoms with E-state index in [0.717, 1.165) is 5.75 Å². The van der Waals surface area contributed by atoms with Crippen LogP contribution in [-0.4, -0.2) is 14.7 Å². The molecule has 0 fully saturated rings. The summed E-state index contributed by atoms with van der Waals surface area (Å²) >= 11 is 0. The molecule has 5 rings (SSSR count). The van der Waals surface area contributed by atoms with Crippen LogP contribution in [0.5, 0.6) is 5.75 Å². The highest BCUT2D eigenvalue weighted by Gasteiger charge is 2.42. The van der Waals surface area contributed by atoms with Crippen LogP contribution in [-0.2, 0) is 5.41 Å². The van der Waals surface area contributed by atoms with Gasteiger partial charge >= 0.3 is 0 Å². The van der Waals surface area contributed by atoms with Gasteiger partial charge in [0.15, 0.2) is 0 Å². The minimum absolute atomic E-state index is 0.0134. The molecule has 0 aliphatic heterocycles. The molecule has 0 radical (unpaired) electrons. The SMILES string of the molecule is C=CCOc1c(C(C)(C)C)cccc1[Si](C)(C)C1C=C(P(c2ccccc2)c2ccccc2)c2ccccc21. The zero-order valence-electron chi connectivity index (χ0n) is 23.8. The van der Waals surface area contributed by atoms with Crippen molar-refractivity contribution in [2.75, 3.05) is 6.61 Å². The van der Waals surface area contributed by atoms with Crippen LogP contribution >= 0.6 is 7.92 Å². The lowest BCUT2D eigenvalue weighted by molar-refractivity contribution is 0.354. The molecular weight excluding hydrogens is 507 g/mol. The van der Waals surface area contributed by atoms with Gasteiger partial charge in [-0.05, 0) is 51.1 Å². The first-order chi connectivity index (χ1) is 18.7. The highest BCUT2D eigenvalue weighted by atomic mass is 31.1. The number of para-hydroxylation sites is 1. The fourth-order valence-corrected chi connectivity index (χ4v) is 11.8. The average Bonchev–Trinajstić information content (AvgIpc) is 3.33. The molecule has 0 aromatic heterocycles. The van der Waals surface area contributed by atoms with E-state index in [0.29, 0.717) is 12.1 Å². The van der Waals surface area contributed by atoms with Crippen LogP contribution in [0.3, 0.4) is 0 Å². The largest absolute Gasteiger partial charge is 0.489 e. The molecule has 0 heterocycles. The summed E-state index contributed by atoms with van der Waals surface area (Å²) in [5, 5.41) is 5.65. The van der Waals surface area contributed by atoms with Gasteiger partial charge in [0.05, 0.1) is 8.07 Å². The molecule has 3 heteroatoms. The topological polar surface area (TPSA) is 9.23 Å². The normalized spacial score (nSPS) is 15.1. The Balaban J connectivity index is 1.70. The molecule has 39 heavy (non-hydrogen) atoms. The number of benzene rings is 4. The maximum Gasteiger partial charge on any atom is 0.122 e. The smallest absolute Gasteiger partial charge is 0.122 e. The molecule has 1 aliphatic carbocycles. The van der Waals surface area contributed by atoms with Gasteiger partial charge in [-0.2, -0.15) is 0 Å². The van der Waals surface area contributed by atoms with Crippen molar-refractivity contribution in [3.63, 3.8) is 0 Å². The Labute approximate surface area is 237 Å². The monoisotopic (exact) mass is 546 g/mol. The van der Waals surface area contributed by atoms with E-state index in [9.17, 15) is 0 Å². The fourth-order valence-electron chi connectivity index (χ4n) is 5.81. The maximum absolute atomic E-state index is 6.49. The van der Waals surface area contributed by atoms with Gasteiger partial charge < -0.3 is 4.74 Å². The van der Waals surface area contributed by atoms with Crippen LogP contribution in [0.4, 0.5) is 0 Å². The van der Waals surface area contributed by atoms with Crippen LogP contribution in [0.15, 0.2) is 122 Å². The van der Waals surface area contributed by atoms with Crippen molar-refractivity contribution in [3.05, 3.63) is 139 Å². The van der Waals surface area contributed by atoms with E-state index in [1.165, 1.54) is 37.8 Å². The number of allylic oxidation sites excluding steroid dienone is 1. The van der Waals surface area contributed by atoms with Gasteiger partial charge in [0, 0.05) is 5.54 Å². The molecule has 0 saturated carbocycles. The molecule has 0 amide bonds. The van der Waals surface area contributed by atoms with Crippen molar-refractivity contribution < 1.29 is 4.74 Å². The zero-order chi connectivity index (χ0) is 27.6. The highest BCUT2D eigenvalue weighted by Crippen LogP contribution is 2.56. The second kappa shape index (κ2) is 11.1. The van der Waals surface area contributed by atoms with Crippen molar-refractivity contribution in [3.8, 4) is 5.75 Å². The van der Waals surface area contributed by atoms with Crippen molar-refractivity contribution in [2.45, 2.75) is 44.8 Å². The number of ether oxygens (including phenoxy) is 1. The Bertz CT molecular complexity index is 1440. The molecule has 1 unspecified atom stereocenters. The first-order valence-corrected chi connectivity index (χ1v) is 18.2. The first-order valence-electron chi connectivity index (χ1n) is 13.8. The Morgan fingerprint density at radius 1 is 0.795 bits per heavy atom. The molecule has 4 aromatic carbocycles. The van der Waals surface area contributed by atoms with E-state index >= 15 is 0 Å². The van der Waals surface area contributed by atoms with Crippen LogP contribution in [0.1, 0.15) is 43.0 Å². The summed E-state index contributed by atoms with van der Waals surface area (Å²) in [6.45, 7) is 16.3. The summed E-state index contributed by atoms with van der Waals surface area (Å²) in [6, 6.07) is 38.0. The minimum atomic E-state index is -2.12. The summed E-state index contributed by atoms with van der Waals surface area (Å²) < 4.78 is 6.49. The predicted molar refractivity (Wildman–Crippen MR) is 174 cm³/mol. The molecule has 198 valence electrons. The van der Waals surface area contributed by atoms with Crippen molar-refractivity contribution in [1.82, 2.24) is 0 Å². The molecule has 4 aromatic rings. The standard InChI is InChI=1S/C36H39OPSi/c1-7-25-37-35-31(36(2,3)4)23-16-24-33(35)39(5,6)34-26-32(29-21-14-15-22-30(29)34)38(27-17-10-8-11-18-27)28-19-12-9-13-20-28/h7-24,26,34H,1,25H2,2-6H3. The number of hydrogen-bond acceptors (Lipinski definition) is 1. The van der Waals surface area contributed by atoms with E-state index in [2.05, 4.69) is 150 Å². The van der Waals surface area contributed by atoms with E-state index in [-0.39, 0.29) is 5.41 Å². The first kappa shape index (κ1) is 27.4. The van der Waals surface area contributed by atoms with Crippen molar-refractivity contribution in [2.24, 2.45) is 0 Å². The number of rotatable bonds is 8. The van der Waals surface area contributed by atoms with E-state index in [1.54, 1.807) is 0 Å². The van der Waals surface area contributed by atoms with Crippen LogP contribution in [0.25, 0.3) is 5.31 Å². The van der Waals surface area contributed by atoms with Gasteiger partial charge in [-0.3, -0.25) is 0 Å². The van der Waals surface area contributed by atoms with Gasteiger partial charge in [0.2, 0.25) is 0 Å². The third-order valence-corrected chi connectivity index (χ3v) is 14.1. The molecular formula is C36H39OPSi. The molecule has 0 bridgehead atoms. The van der Waals surface area contributed by atoms with E-state index in [4.69, 9.17) is 4.74 Å². The minimum Gasteiger partial charge on any atom is -0.489 e. The van der Waals surface area contributed by atoms with E-state index < -0.39 is 16.0 Å². The third kappa shape index (κ3) is 5.33. The van der Waals surface area contributed by atoms with Crippen molar-refractivity contribution in [1.29, 1.82) is 0 Å². The van der Waals surface area contributed by atoms with Crippen LogP contribution in [0, 0.1) is 0 Å². The van der Waals surface area contributed by atoms with Gasteiger partial charge in [0.1, 0.15) is 12.4 Å². The zero-order valence-corrected chi connectivity index (χ0v) is 25.7. The van der Waals surface area contributed by atoms with E-state index in [1.807, 2.05) is 6.08 Å². The predicted octanol–water partition coefficient (Wildman–Crippen LogP) is 8.27. The molecule has 1 atom stereocenters. The molecule has 0 spiro atoms. The average molecular weight is 547 g/mol. The third-order valence-electron chi connectivity index (χ3n) is 7.81. The lowest BCUT2D eigenvalue weighted by Crippen LogP contribution is -2.48. The van der Waals surface area contributed by atoms with Gasteiger partial charge in [-0.25, -0.2) is 0 Å². The van der Waals surface area contributed by atoms with Crippen LogP contribution in [0.2, 0.25) is 13.1 Å². The Kier molecular flexibility index (Phi) is 7.81. The molecule has 1 nitrogen and oxygen atoms in total. The van der Waals surface area contributed by atoms with Gasteiger partial charge in [-0.15, -0.1) is 0 Å². The van der Waals surface area contributed by atoms with Crippen molar-refractivity contribution >= 4 is 37.1 Å². The summed E-state index contributed by atoms with van der Waals surface area (Å²) in [5.41, 5.74) is 4.47. The van der Waals surface area contributed by atoms with Crippen LogP contribution < -0.4 is 20.5 Å². The fraction of sp³-hybridized carbons (Fsp3) is 0.222. The Morgan fingerprint density at radius 3 is 1.97 bits per heavy atom. The quantitative estimate of drug-likeness (QED) is 0.123. The lowest BCUT2D eigenvalue weighted by atomic mass is 9.86. The molecule has 1 aliphatic rings. The summed E-state index contributed by atoms with van der Waals surface area (Å²) in [5.74, 6) is 1.06. The summed E-state index contributed by atoms with van der Waals surface area (Å²) in [6.07, 6.45) is 4.48. The number of hydrogen-bond donors (Lipinski definition) is 0. The highest BCUT2D eigenvalue weighted by molar-refractivity contribution is 7.82. The summed E-state index contributed by atoms with van der Waals surface area (Å²) in [4.78, 5) is 0. The lowest BCUT2D eigenvalue weighted by Gasteiger charge is -2.34. The second-order valence-corrected chi connectivity index (χ2v) is 18.7. The number of fused-ring (bicyclic) bond motifs is 1. The van der Waals surface area contributed by atoms with Gasteiger partial charge in [-0.1, -0.05) is 156 Å². The second-order valence-electron chi connectivity index (χ2n) is 11.9.